The van der Waals surface area contributed by atoms with Gasteiger partial charge in [0.15, 0.2) is 0 Å². The lowest BCUT2D eigenvalue weighted by molar-refractivity contribution is -0.149. The van der Waals surface area contributed by atoms with Gasteiger partial charge in [0, 0.05) is 29.8 Å². The Kier molecular flexibility index (Phi) is 5.43. The standard InChI is InChI=1S/C15H20BrNO3/c1-2-20-14(18)15(8-5-10-19-11-9-15)17-13-7-4-3-6-12(13)16/h3-4,6-7,17H,2,5,8-11H2,1H3. The predicted molar refractivity (Wildman–Crippen MR) is 81.8 cm³/mol. The van der Waals surface area contributed by atoms with Gasteiger partial charge in [-0.1, -0.05) is 12.1 Å². The molecule has 5 heteroatoms. The largest absolute Gasteiger partial charge is 0.464 e. The molecule has 2 rings (SSSR count). The summed E-state index contributed by atoms with van der Waals surface area (Å²) in [4.78, 5) is 12.4. The number of carbonyl (C=O) groups is 1. The summed E-state index contributed by atoms with van der Waals surface area (Å²) in [7, 11) is 0. The second-order valence-corrected chi connectivity index (χ2v) is 5.73. The highest BCUT2D eigenvalue weighted by Gasteiger charge is 2.40. The third-order valence-electron chi connectivity index (χ3n) is 3.48. The number of halogens is 1. The molecule has 20 heavy (non-hydrogen) atoms. The Morgan fingerprint density at radius 3 is 2.95 bits per heavy atom. The number of hydrogen-bond donors (Lipinski definition) is 1. The van der Waals surface area contributed by atoms with E-state index in [-0.39, 0.29) is 5.97 Å². The number of anilines is 1. The summed E-state index contributed by atoms with van der Waals surface area (Å²) in [6, 6.07) is 7.80. The Hall–Kier alpha value is -1.07. The first-order valence-electron chi connectivity index (χ1n) is 6.95. The van der Waals surface area contributed by atoms with Crippen LogP contribution in [0.4, 0.5) is 5.69 Å². The van der Waals surface area contributed by atoms with Crippen LogP contribution in [0.15, 0.2) is 28.7 Å². The van der Waals surface area contributed by atoms with E-state index in [9.17, 15) is 4.79 Å². The zero-order chi connectivity index (χ0) is 14.4. The van der Waals surface area contributed by atoms with Gasteiger partial charge in [0.2, 0.25) is 0 Å². The summed E-state index contributed by atoms with van der Waals surface area (Å²) in [6.07, 6.45) is 2.18. The monoisotopic (exact) mass is 341 g/mol. The molecule has 1 saturated heterocycles. The van der Waals surface area contributed by atoms with Gasteiger partial charge in [0.25, 0.3) is 0 Å². The van der Waals surface area contributed by atoms with Gasteiger partial charge in [-0.15, -0.1) is 0 Å². The summed E-state index contributed by atoms with van der Waals surface area (Å²) in [5.41, 5.74) is 0.207. The molecule has 1 fully saturated rings. The molecule has 1 unspecified atom stereocenters. The lowest BCUT2D eigenvalue weighted by Crippen LogP contribution is -2.48. The van der Waals surface area contributed by atoms with Gasteiger partial charge in [-0.3, -0.25) is 0 Å². The van der Waals surface area contributed by atoms with E-state index < -0.39 is 5.54 Å². The molecule has 1 aromatic rings. The minimum atomic E-state index is -0.698. The van der Waals surface area contributed by atoms with Crippen LogP contribution in [0.1, 0.15) is 26.2 Å². The number of esters is 1. The number of hydrogen-bond acceptors (Lipinski definition) is 4. The summed E-state index contributed by atoms with van der Waals surface area (Å²) < 4.78 is 11.7. The van der Waals surface area contributed by atoms with Crippen molar-refractivity contribution in [2.45, 2.75) is 31.7 Å². The van der Waals surface area contributed by atoms with E-state index >= 15 is 0 Å². The van der Waals surface area contributed by atoms with Gasteiger partial charge < -0.3 is 14.8 Å². The fraction of sp³-hybridized carbons (Fsp3) is 0.533. The number of para-hydroxylation sites is 1. The van der Waals surface area contributed by atoms with Crippen molar-refractivity contribution in [3.63, 3.8) is 0 Å². The highest BCUT2D eigenvalue weighted by Crippen LogP contribution is 2.31. The molecular weight excluding hydrogens is 322 g/mol. The van der Waals surface area contributed by atoms with Crippen molar-refractivity contribution in [1.29, 1.82) is 0 Å². The molecule has 0 bridgehead atoms. The third kappa shape index (κ3) is 3.52. The first kappa shape index (κ1) is 15.3. The molecule has 1 aliphatic rings. The van der Waals surface area contributed by atoms with E-state index in [1.807, 2.05) is 31.2 Å². The molecule has 0 amide bonds. The van der Waals surface area contributed by atoms with E-state index in [1.165, 1.54) is 0 Å². The Morgan fingerprint density at radius 2 is 2.20 bits per heavy atom. The molecule has 1 atom stereocenters. The summed E-state index contributed by atoms with van der Waals surface area (Å²) in [5, 5.41) is 3.39. The molecule has 110 valence electrons. The summed E-state index contributed by atoms with van der Waals surface area (Å²) in [5.74, 6) is -0.193. The molecule has 0 aromatic heterocycles. The first-order chi connectivity index (χ1) is 9.68. The quantitative estimate of drug-likeness (QED) is 0.853. The van der Waals surface area contributed by atoms with E-state index in [2.05, 4.69) is 21.2 Å². The van der Waals surface area contributed by atoms with E-state index in [0.29, 0.717) is 32.7 Å². The van der Waals surface area contributed by atoms with E-state index in [1.54, 1.807) is 0 Å². The number of ether oxygens (including phenoxy) is 2. The Bertz CT molecular complexity index is 456. The average Bonchev–Trinajstić information content (AvgIpc) is 2.68. The van der Waals surface area contributed by atoms with Crippen molar-refractivity contribution in [2.75, 3.05) is 25.1 Å². The SMILES string of the molecule is CCOC(=O)C1(Nc2ccccc2Br)CCCOCC1. The van der Waals surface area contributed by atoms with Gasteiger partial charge in [-0.25, -0.2) is 4.79 Å². The first-order valence-corrected chi connectivity index (χ1v) is 7.75. The second-order valence-electron chi connectivity index (χ2n) is 4.87. The minimum absolute atomic E-state index is 0.193. The maximum absolute atomic E-state index is 12.4. The van der Waals surface area contributed by atoms with Crippen LogP contribution in [-0.2, 0) is 14.3 Å². The number of benzene rings is 1. The average molecular weight is 342 g/mol. The highest BCUT2D eigenvalue weighted by atomic mass is 79.9. The maximum atomic E-state index is 12.4. The molecule has 0 saturated carbocycles. The molecule has 0 aliphatic carbocycles. The molecule has 0 spiro atoms. The normalized spacial score (nSPS) is 22.9. The van der Waals surface area contributed by atoms with Crippen LogP contribution in [0, 0.1) is 0 Å². The zero-order valence-corrected chi connectivity index (χ0v) is 13.2. The van der Waals surface area contributed by atoms with Crippen molar-refractivity contribution in [2.24, 2.45) is 0 Å². The molecule has 4 nitrogen and oxygen atoms in total. The Labute approximate surface area is 128 Å². The summed E-state index contributed by atoms with van der Waals surface area (Å²) >= 11 is 3.51. The van der Waals surface area contributed by atoms with Gasteiger partial charge >= 0.3 is 5.97 Å². The van der Waals surface area contributed by atoms with Crippen molar-refractivity contribution < 1.29 is 14.3 Å². The van der Waals surface area contributed by atoms with Crippen molar-refractivity contribution >= 4 is 27.6 Å². The van der Waals surface area contributed by atoms with E-state index in [0.717, 1.165) is 16.6 Å². The molecule has 1 heterocycles. The van der Waals surface area contributed by atoms with Crippen molar-refractivity contribution in [3.05, 3.63) is 28.7 Å². The summed E-state index contributed by atoms with van der Waals surface area (Å²) in [6.45, 7) is 3.48. The second kappa shape index (κ2) is 7.09. The van der Waals surface area contributed by atoms with Gasteiger partial charge in [-0.2, -0.15) is 0 Å². The van der Waals surface area contributed by atoms with Crippen LogP contribution in [0.3, 0.4) is 0 Å². The van der Waals surface area contributed by atoms with Crippen molar-refractivity contribution in [3.8, 4) is 0 Å². The van der Waals surface area contributed by atoms with Gasteiger partial charge in [0.05, 0.1) is 6.61 Å². The third-order valence-corrected chi connectivity index (χ3v) is 4.17. The smallest absolute Gasteiger partial charge is 0.331 e. The molecular formula is C15H20BrNO3. The van der Waals surface area contributed by atoms with Crippen LogP contribution in [0.5, 0.6) is 0 Å². The van der Waals surface area contributed by atoms with Crippen LogP contribution in [0.25, 0.3) is 0 Å². The Balaban J connectivity index is 2.26. The zero-order valence-electron chi connectivity index (χ0n) is 11.7. The van der Waals surface area contributed by atoms with Crippen LogP contribution < -0.4 is 5.32 Å². The predicted octanol–water partition coefficient (Wildman–Crippen LogP) is 3.36. The lowest BCUT2D eigenvalue weighted by Gasteiger charge is -2.32. The fourth-order valence-corrected chi connectivity index (χ4v) is 2.80. The number of carbonyl (C=O) groups excluding carboxylic acids is 1. The molecule has 1 aromatic carbocycles. The lowest BCUT2D eigenvalue weighted by atomic mass is 9.90. The maximum Gasteiger partial charge on any atom is 0.331 e. The topological polar surface area (TPSA) is 47.6 Å². The van der Waals surface area contributed by atoms with Crippen LogP contribution in [-0.4, -0.2) is 31.3 Å². The van der Waals surface area contributed by atoms with Gasteiger partial charge in [0.1, 0.15) is 5.54 Å². The van der Waals surface area contributed by atoms with Crippen molar-refractivity contribution in [1.82, 2.24) is 0 Å². The van der Waals surface area contributed by atoms with Crippen LogP contribution >= 0.6 is 15.9 Å². The molecule has 1 aliphatic heterocycles. The van der Waals surface area contributed by atoms with E-state index in [4.69, 9.17) is 9.47 Å². The highest BCUT2D eigenvalue weighted by molar-refractivity contribution is 9.10. The number of nitrogens with one attached hydrogen (secondary N) is 1. The minimum Gasteiger partial charge on any atom is -0.464 e. The van der Waals surface area contributed by atoms with Crippen LogP contribution in [0.2, 0.25) is 0 Å². The Morgan fingerprint density at radius 1 is 1.40 bits per heavy atom. The number of rotatable bonds is 4. The molecule has 1 N–H and O–H groups in total. The van der Waals surface area contributed by atoms with Gasteiger partial charge in [-0.05, 0) is 47.8 Å². The molecule has 0 radical (unpaired) electrons. The fourth-order valence-electron chi connectivity index (χ4n) is 2.42.